The zero-order chi connectivity index (χ0) is 13.3. The first-order valence-corrected chi connectivity index (χ1v) is 6.87. The van der Waals surface area contributed by atoms with Crippen LogP contribution in [0.15, 0.2) is 23.8 Å². The van der Waals surface area contributed by atoms with Crippen LogP contribution in [0.4, 0.5) is 0 Å². The zero-order valence-corrected chi connectivity index (χ0v) is 10.9. The van der Waals surface area contributed by atoms with Crippen molar-refractivity contribution >= 4 is 23.7 Å². The Labute approximate surface area is 110 Å². The van der Waals surface area contributed by atoms with E-state index in [2.05, 4.69) is 11.8 Å². The second-order valence-corrected chi connectivity index (χ2v) is 6.53. The van der Waals surface area contributed by atoms with Crippen LogP contribution >= 0.6 is 11.8 Å². The third-order valence-corrected chi connectivity index (χ3v) is 5.02. The van der Waals surface area contributed by atoms with Gasteiger partial charge < -0.3 is 10.2 Å². The number of aliphatic carboxylic acids is 2. The molecular formula is C13H16O4S. The van der Waals surface area contributed by atoms with E-state index in [0.29, 0.717) is 0 Å². The summed E-state index contributed by atoms with van der Waals surface area (Å²) in [6.45, 7) is 1.50. The molecular weight excluding hydrogens is 252 g/mol. The lowest BCUT2D eigenvalue weighted by Gasteiger charge is -2.23. The Hall–Kier alpha value is -1.23. The maximum atomic E-state index is 10.8. The van der Waals surface area contributed by atoms with Gasteiger partial charge >= 0.3 is 11.9 Å². The molecule has 5 heteroatoms. The lowest BCUT2D eigenvalue weighted by atomic mass is 9.80. The van der Waals surface area contributed by atoms with Gasteiger partial charge in [0, 0.05) is 16.1 Å². The molecule has 0 aromatic carbocycles. The molecule has 3 rings (SSSR count). The summed E-state index contributed by atoms with van der Waals surface area (Å²) in [7, 11) is 0. The molecule has 4 nitrogen and oxygen atoms in total. The quantitative estimate of drug-likeness (QED) is 0.752. The fraction of sp³-hybridized carbons (Fsp3) is 0.538. The minimum Gasteiger partial charge on any atom is -0.481 e. The van der Waals surface area contributed by atoms with E-state index in [0.717, 1.165) is 10.5 Å². The Bertz CT molecular complexity index is 428. The van der Waals surface area contributed by atoms with E-state index >= 15 is 0 Å². The van der Waals surface area contributed by atoms with E-state index in [9.17, 15) is 9.59 Å². The van der Waals surface area contributed by atoms with E-state index < -0.39 is 17.4 Å². The van der Waals surface area contributed by atoms with E-state index in [-0.39, 0.29) is 12.0 Å². The van der Waals surface area contributed by atoms with Crippen molar-refractivity contribution in [3.8, 4) is 0 Å². The second-order valence-electron chi connectivity index (χ2n) is 5.05. The van der Waals surface area contributed by atoms with Crippen LogP contribution in [0.5, 0.6) is 0 Å². The average molecular weight is 268 g/mol. The Morgan fingerprint density at radius 1 is 1.33 bits per heavy atom. The molecule has 0 bridgehead atoms. The molecule has 0 amide bonds. The highest BCUT2D eigenvalue weighted by atomic mass is 32.2. The molecule has 3 atom stereocenters. The third-order valence-electron chi connectivity index (χ3n) is 3.51. The summed E-state index contributed by atoms with van der Waals surface area (Å²) in [5.74, 6) is -2.06. The molecule has 3 unspecified atom stereocenters. The van der Waals surface area contributed by atoms with Crippen molar-refractivity contribution in [1.29, 1.82) is 0 Å². The van der Waals surface area contributed by atoms with Gasteiger partial charge in [0.2, 0.25) is 0 Å². The van der Waals surface area contributed by atoms with Gasteiger partial charge in [0.1, 0.15) is 0 Å². The van der Waals surface area contributed by atoms with Gasteiger partial charge in [0.25, 0.3) is 0 Å². The number of thioether (sulfide) groups is 1. The Morgan fingerprint density at radius 3 is 2.28 bits per heavy atom. The number of carbonyl (C=O) groups is 2. The first-order valence-electron chi connectivity index (χ1n) is 5.93. The number of carboxylic acids is 2. The molecule has 18 heavy (non-hydrogen) atoms. The van der Waals surface area contributed by atoms with Crippen molar-refractivity contribution in [2.24, 2.45) is 5.41 Å². The van der Waals surface area contributed by atoms with Gasteiger partial charge in [-0.15, -0.1) is 0 Å². The Morgan fingerprint density at radius 2 is 1.94 bits per heavy atom. The first kappa shape index (κ1) is 13.2. The van der Waals surface area contributed by atoms with Gasteiger partial charge in [-0.2, -0.15) is 11.8 Å². The molecule has 0 aromatic heterocycles. The van der Waals surface area contributed by atoms with Crippen LogP contribution in [0.2, 0.25) is 0 Å². The molecule has 2 aliphatic carbocycles. The molecule has 98 valence electrons. The Balaban J connectivity index is 0.000000194. The van der Waals surface area contributed by atoms with Crippen molar-refractivity contribution in [1.82, 2.24) is 0 Å². The standard InChI is InChI=1S/C9H10O4.C4H6S/c1-9(8(12)13)4-2-3-6(5-9)7(10)11;1-2-4-3(1)5-4/h2-4H,5H2,1H3,(H,10,11)(H,12,13);3-4H,1-2H2. The van der Waals surface area contributed by atoms with E-state index in [1.807, 2.05) is 0 Å². The van der Waals surface area contributed by atoms with Crippen LogP contribution in [0, 0.1) is 5.41 Å². The summed E-state index contributed by atoms with van der Waals surface area (Å²) in [6.07, 6.45) is 7.48. The summed E-state index contributed by atoms with van der Waals surface area (Å²) in [5, 5.41) is 19.8. The molecule has 0 spiro atoms. The predicted molar refractivity (Wildman–Crippen MR) is 69.6 cm³/mol. The van der Waals surface area contributed by atoms with Crippen LogP contribution in [0.1, 0.15) is 26.2 Å². The van der Waals surface area contributed by atoms with Crippen LogP contribution in [-0.4, -0.2) is 32.7 Å². The topological polar surface area (TPSA) is 74.6 Å². The summed E-state index contributed by atoms with van der Waals surface area (Å²) in [6, 6.07) is 0. The predicted octanol–water partition coefficient (Wildman–Crippen LogP) is 2.31. The summed E-state index contributed by atoms with van der Waals surface area (Å²) in [5.41, 5.74) is -0.949. The van der Waals surface area contributed by atoms with E-state index in [1.165, 1.54) is 38.0 Å². The van der Waals surface area contributed by atoms with Gasteiger partial charge in [0.05, 0.1) is 5.41 Å². The fourth-order valence-electron chi connectivity index (χ4n) is 1.94. The van der Waals surface area contributed by atoms with Gasteiger partial charge in [-0.25, -0.2) is 4.79 Å². The third kappa shape index (κ3) is 2.77. The van der Waals surface area contributed by atoms with Crippen molar-refractivity contribution < 1.29 is 19.8 Å². The van der Waals surface area contributed by atoms with Gasteiger partial charge in [0.15, 0.2) is 0 Å². The molecule has 0 aromatic rings. The van der Waals surface area contributed by atoms with Gasteiger partial charge in [-0.3, -0.25) is 4.79 Å². The average Bonchev–Trinajstić information content (AvgIpc) is 2.86. The largest absolute Gasteiger partial charge is 0.481 e. The highest BCUT2D eigenvalue weighted by molar-refractivity contribution is 8.08. The van der Waals surface area contributed by atoms with Crippen molar-refractivity contribution in [3.05, 3.63) is 23.8 Å². The van der Waals surface area contributed by atoms with Crippen molar-refractivity contribution in [3.63, 3.8) is 0 Å². The smallest absolute Gasteiger partial charge is 0.331 e. The van der Waals surface area contributed by atoms with Gasteiger partial charge in [-0.1, -0.05) is 18.2 Å². The Kier molecular flexibility index (Phi) is 3.52. The maximum Gasteiger partial charge on any atom is 0.331 e. The SMILES string of the molecule is C1CC2SC12.CC1(C(=O)O)C=CC=C(C(=O)O)C1. The molecule has 1 heterocycles. The minimum absolute atomic E-state index is 0.0359. The first-order chi connectivity index (χ1) is 8.42. The van der Waals surface area contributed by atoms with E-state index in [4.69, 9.17) is 10.2 Å². The number of allylic oxidation sites excluding steroid dienone is 2. The normalized spacial score (nSPS) is 35.3. The lowest BCUT2D eigenvalue weighted by molar-refractivity contribution is -0.145. The lowest BCUT2D eigenvalue weighted by Crippen LogP contribution is -2.28. The van der Waals surface area contributed by atoms with Crippen molar-refractivity contribution in [2.45, 2.75) is 36.7 Å². The monoisotopic (exact) mass is 268 g/mol. The summed E-state index contributed by atoms with van der Waals surface area (Å²) in [4.78, 5) is 21.3. The summed E-state index contributed by atoms with van der Waals surface area (Å²) >= 11 is 2.16. The van der Waals surface area contributed by atoms with Crippen LogP contribution < -0.4 is 0 Å². The molecule has 1 aliphatic heterocycles. The molecule has 1 saturated heterocycles. The highest BCUT2D eigenvalue weighted by Crippen LogP contribution is 2.56. The van der Waals surface area contributed by atoms with Crippen LogP contribution in [0.3, 0.4) is 0 Å². The summed E-state index contributed by atoms with van der Waals surface area (Å²) < 4.78 is 0. The molecule has 3 aliphatic rings. The number of hydrogen-bond donors (Lipinski definition) is 2. The fourth-order valence-corrected chi connectivity index (χ4v) is 3.11. The van der Waals surface area contributed by atoms with Crippen LogP contribution in [0.25, 0.3) is 0 Å². The minimum atomic E-state index is -1.08. The number of fused-ring (bicyclic) bond motifs is 1. The maximum absolute atomic E-state index is 10.8. The van der Waals surface area contributed by atoms with Gasteiger partial charge in [-0.05, 0) is 26.2 Å². The van der Waals surface area contributed by atoms with Crippen LogP contribution in [-0.2, 0) is 9.59 Å². The molecule has 2 N–H and O–H groups in total. The molecule has 2 fully saturated rings. The number of rotatable bonds is 2. The van der Waals surface area contributed by atoms with E-state index in [1.54, 1.807) is 0 Å². The zero-order valence-electron chi connectivity index (χ0n) is 10.1. The number of hydrogen-bond acceptors (Lipinski definition) is 3. The second kappa shape index (κ2) is 4.80. The number of carboxylic acid groups (broad SMARTS) is 2. The molecule has 0 radical (unpaired) electrons. The van der Waals surface area contributed by atoms with Crippen molar-refractivity contribution in [2.75, 3.05) is 0 Å². The highest BCUT2D eigenvalue weighted by Gasteiger charge is 2.46. The molecule has 1 saturated carbocycles.